The molecule has 5 nitrogen and oxygen atoms in total. The van der Waals surface area contributed by atoms with Gasteiger partial charge in [-0.3, -0.25) is 9.20 Å². The van der Waals surface area contributed by atoms with Gasteiger partial charge < -0.3 is 10.2 Å². The van der Waals surface area contributed by atoms with Crippen molar-refractivity contribution in [2.75, 3.05) is 26.2 Å². The van der Waals surface area contributed by atoms with Gasteiger partial charge in [0, 0.05) is 31.9 Å². The highest BCUT2D eigenvalue weighted by atomic mass is 16.2. The minimum absolute atomic E-state index is 0.0841. The summed E-state index contributed by atoms with van der Waals surface area (Å²) >= 11 is 0. The molecule has 5 heteroatoms. The second kappa shape index (κ2) is 4.66. The molecule has 0 unspecified atom stereocenters. The van der Waals surface area contributed by atoms with Crippen LogP contribution < -0.4 is 5.32 Å². The fraction of sp³-hybridized carbons (Fsp3) is 0.429. The molecule has 0 spiro atoms. The van der Waals surface area contributed by atoms with Gasteiger partial charge in [-0.25, -0.2) is 4.98 Å². The summed E-state index contributed by atoms with van der Waals surface area (Å²) < 4.78 is 1.96. The number of fused-ring (bicyclic) bond motifs is 1. The van der Waals surface area contributed by atoms with Gasteiger partial charge in [0.25, 0.3) is 5.91 Å². The van der Waals surface area contributed by atoms with Gasteiger partial charge in [0.2, 0.25) is 0 Å². The smallest absolute Gasteiger partial charge is 0.272 e. The number of carbonyl (C=O) groups excluding carboxylic acids is 1. The summed E-state index contributed by atoms with van der Waals surface area (Å²) in [6.07, 6.45) is 0. The SMILES string of the molecule is Cc1nc2cccc(C)n2c1C(=O)N1CCNCC1. The van der Waals surface area contributed by atoms with Crippen molar-refractivity contribution in [1.82, 2.24) is 19.6 Å². The lowest BCUT2D eigenvalue weighted by molar-refractivity contribution is 0.0727. The second-order valence-electron chi connectivity index (χ2n) is 4.95. The zero-order valence-electron chi connectivity index (χ0n) is 11.3. The molecule has 1 saturated heterocycles. The average Bonchev–Trinajstić information content (AvgIpc) is 2.76. The van der Waals surface area contributed by atoms with Crippen molar-refractivity contribution in [1.29, 1.82) is 0 Å². The van der Waals surface area contributed by atoms with Crippen LogP contribution in [0.5, 0.6) is 0 Å². The van der Waals surface area contributed by atoms with Crippen LogP contribution in [0.25, 0.3) is 5.65 Å². The van der Waals surface area contributed by atoms with E-state index < -0.39 is 0 Å². The summed E-state index contributed by atoms with van der Waals surface area (Å²) in [5.41, 5.74) is 3.39. The standard InChI is InChI=1S/C14H18N4O/c1-10-4-3-5-12-16-11(2)13(18(10)12)14(19)17-8-6-15-7-9-17/h3-5,15H,6-9H2,1-2H3. The van der Waals surface area contributed by atoms with E-state index >= 15 is 0 Å². The van der Waals surface area contributed by atoms with Gasteiger partial charge in [0.05, 0.1) is 5.69 Å². The molecule has 0 radical (unpaired) electrons. The topological polar surface area (TPSA) is 49.6 Å². The lowest BCUT2D eigenvalue weighted by Crippen LogP contribution is -2.46. The molecule has 2 aromatic heterocycles. The Hall–Kier alpha value is -1.88. The summed E-state index contributed by atoms with van der Waals surface area (Å²) in [7, 11) is 0. The molecule has 1 N–H and O–H groups in total. The van der Waals surface area contributed by atoms with Gasteiger partial charge in [-0.05, 0) is 26.0 Å². The van der Waals surface area contributed by atoms with E-state index in [0.717, 1.165) is 43.2 Å². The van der Waals surface area contributed by atoms with E-state index in [4.69, 9.17) is 0 Å². The van der Waals surface area contributed by atoms with Gasteiger partial charge >= 0.3 is 0 Å². The summed E-state index contributed by atoms with van der Waals surface area (Å²) in [6, 6.07) is 5.91. The highest BCUT2D eigenvalue weighted by molar-refractivity contribution is 5.95. The quantitative estimate of drug-likeness (QED) is 0.830. The van der Waals surface area contributed by atoms with Gasteiger partial charge in [0.1, 0.15) is 11.3 Å². The van der Waals surface area contributed by atoms with Crippen LogP contribution in [0.3, 0.4) is 0 Å². The lowest BCUT2D eigenvalue weighted by atomic mass is 10.2. The van der Waals surface area contributed by atoms with Crippen molar-refractivity contribution in [3.63, 3.8) is 0 Å². The van der Waals surface area contributed by atoms with Crippen molar-refractivity contribution in [2.45, 2.75) is 13.8 Å². The fourth-order valence-corrected chi connectivity index (χ4v) is 2.64. The van der Waals surface area contributed by atoms with E-state index in [1.54, 1.807) is 0 Å². The Bertz CT molecular complexity index is 626. The van der Waals surface area contributed by atoms with E-state index in [2.05, 4.69) is 10.3 Å². The molecule has 1 fully saturated rings. The minimum atomic E-state index is 0.0841. The van der Waals surface area contributed by atoms with E-state index in [0.29, 0.717) is 5.69 Å². The number of rotatable bonds is 1. The average molecular weight is 258 g/mol. The van der Waals surface area contributed by atoms with Gasteiger partial charge in [-0.15, -0.1) is 0 Å². The molecule has 100 valence electrons. The maximum absolute atomic E-state index is 12.7. The maximum atomic E-state index is 12.7. The Morgan fingerprint density at radius 2 is 2.00 bits per heavy atom. The molecular formula is C14H18N4O. The number of aryl methyl sites for hydroxylation is 2. The number of nitrogens with zero attached hydrogens (tertiary/aromatic N) is 3. The first-order chi connectivity index (χ1) is 9.18. The van der Waals surface area contributed by atoms with E-state index in [1.165, 1.54) is 0 Å². The summed E-state index contributed by atoms with van der Waals surface area (Å²) in [6.45, 7) is 7.15. The number of pyridine rings is 1. The van der Waals surface area contributed by atoms with E-state index in [-0.39, 0.29) is 5.91 Å². The molecular weight excluding hydrogens is 240 g/mol. The molecule has 0 atom stereocenters. The Morgan fingerprint density at radius 1 is 1.26 bits per heavy atom. The van der Waals surface area contributed by atoms with Crippen LogP contribution >= 0.6 is 0 Å². The predicted molar refractivity (Wildman–Crippen MR) is 73.4 cm³/mol. The van der Waals surface area contributed by atoms with Crippen molar-refractivity contribution in [3.05, 3.63) is 35.3 Å². The molecule has 2 aromatic rings. The number of nitrogens with one attached hydrogen (secondary N) is 1. The van der Waals surface area contributed by atoms with Crippen molar-refractivity contribution in [3.8, 4) is 0 Å². The van der Waals surface area contributed by atoms with E-state index in [9.17, 15) is 4.79 Å². The largest absolute Gasteiger partial charge is 0.335 e. The van der Waals surface area contributed by atoms with Gasteiger partial charge in [-0.1, -0.05) is 6.07 Å². The molecule has 1 aliphatic heterocycles. The van der Waals surface area contributed by atoms with Crippen LogP contribution in [0.4, 0.5) is 0 Å². The van der Waals surface area contributed by atoms with Crippen molar-refractivity contribution >= 4 is 11.6 Å². The first kappa shape index (κ1) is 12.2. The van der Waals surface area contributed by atoms with Crippen LogP contribution in [0.15, 0.2) is 18.2 Å². The molecule has 0 aromatic carbocycles. The van der Waals surface area contributed by atoms with Crippen LogP contribution in [-0.4, -0.2) is 46.4 Å². The zero-order valence-corrected chi connectivity index (χ0v) is 11.3. The van der Waals surface area contributed by atoms with Crippen molar-refractivity contribution < 1.29 is 4.79 Å². The molecule has 0 saturated carbocycles. The molecule has 1 amide bonds. The molecule has 3 heterocycles. The lowest BCUT2D eigenvalue weighted by Gasteiger charge is -2.27. The van der Waals surface area contributed by atoms with Crippen LogP contribution in [0.1, 0.15) is 21.9 Å². The molecule has 19 heavy (non-hydrogen) atoms. The van der Waals surface area contributed by atoms with E-state index in [1.807, 2.05) is 41.3 Å². The first-order valence-corrected chi connectivity index (χ1v) is 6.63. The summed E-state index contributed by atoms with van der Waals surface area (Å²) in [4.78, 5) is 19.1. The highest BCUT2D eigenvalue weighted by Crippen LogP contribution is 2.17. The number of imidazole rings is 1. The summed E-state index contributed by atoms with van der Waals surface area (Å²) in [5.74, 6) is 0.0841. The predicted octanol–water partition coefficient (Wildman–Crippen LogP) is 0.997. The molecule has 0 bridgehead atoms. The second-order valence-corrected chi connectivity index (χ2v) is 4.95. The Balaban J connectivity index is 2.08. The monoisotopic (exact) mass is 258 g/mol. The minimum Gasteiger partial charge on any atom is -0.335 e. The highest BCUT2D eigenvalue weighted by Gasteiger charge is 2.24. The summed E-state index contributed by atoms with van der Waals surface area (Å²) in [5, 5.41) is 3.26. The first-order valence-electron chi connectivity index (χ1n) is 6.63. The molecule has 1 aliphatic rings. The van der Waals surface area contributed by atoms with Gasteiger partial charge in [-0.2, -0.15) is 0 Å². The van der Waals surface area contributed by atoms with Crippen LogP contribution in [-0.2, 0) is 0 Å². The van der Waals surface area contributed by atoms with Crippen molar-refractivity contribution in [2.24, 2.45) is 0 Å². The number of piperazine rings is 1. The maximum Gasteiger partial charge on any atom is 0.272 e. The molecule has 3 rings (SSSR count). The fourth-order valence-electron chi connectivity index (χ4n) is 2.64. The third kappa shape index (κ3) is 2.00. The third-order valence-corrected chi connectivity index (χ3v) is 3.62. The normalized spacial score (nSPS) is 16.0. The number of aromatic nitrogens is 2. The third-order valence-electron chi connectivity index (χ3n) is 3.62. The van der Waals surface area contributed by atoms with Crippen LogP contribution in [0.2, 0.25) is 0 Å². The molecule has 0 aliphatic carbocycles. The Labute approximate surface area is 112 Å². The van der Waals surface area contributed by atoms with Gasteiger partial charge in [0.15, 0.2) is 0 Å². The number of carbonyl (C=O) groups is 1. The number of amides is 1. The van der Waals surface area contributed by atoms with Crippen LogP contribution in [0, 0.1) is 13.8 Å². The number of hydrogen-bond donors (Lipinski definition) is 1. The number of hydrogen-bond acceptors (Lipinski definition) is 3. The Kier molecular flexibility index (Phi) is 2.98. The zero-order chi connectivity index (χ0) is 13.4. The Morgan fingerprint density at radius 3 is 2.74 bits per heavy atom.